The average molecular weight is 332 g/mol. The molecule has 4 nitrogen and oxygen atoms in total. The molecule has 0 aliphatic heterocycles. The number of halogens is 2. The van der Waals surface area contributed by atoms with Gasteiger partial charge in [-0.25, -0.2) is 9.18 Å². The fraction of sp³-hybridized carbons (Fsp3) is 0.385. The zero-order valence-corrected chi connectivity index (χ0v) is 12.2. The Morgan fingerprint density at radius 3 is 2.53 bits per heavy atom. The molecule has 0 heterocycles. The second-order valence-corrected chi connectivity index (χ2v) is 5.44. The molecule has 0 spiro atoms. The molecule has 19 heavy (non-hydrogen) atoms. The zero-order valence-electron chi connectivity index (χ0n) is 10.6. The van der Waals surface area contributed by atoms with Crippen molar-refractivity contribution in [1.82, 2.24) is 5.32 Å². The van der Waals surface area contributed by atoms with Crippen molar-refractivity contribution in [3.8, 4) is 0 Å². The summed E-state index contributed by atoms with van der Waals surface area (Å²) < 4.78 is 13.9. The summed E-state index contributed by atoms with van der Waals surface area (Å²) in [7, 11) is 0. The Kier molecular flexibility index (Phi) is 5.47. The lowest BCUT2D eigenvalue weighted by Gasteiger charge is -2.17. The van der Waals surface area contributed by atoms with Gasteiger partial charge in [-0.2, -0.15) is 0 Å². The number of benzene rings is 1. The van der Waals surface area contributed by atoms with Crippen molar-refractivity contribution in [2.75, 3.05) is 0 Å². The lowest BCUT2D eigenvalue weighted by molar-refractivity contribution is -0.139. The summed E-state index contributed by atoms with van der Waals surface area (Å²) in [5.41, 5.74) is -0.183. The lowest BCUT2D eigenvalue weighted by atomic mass is 10.0. The summed E-state index contributed by atoms with van der Waals surface area (Å²) in [4.78, 5) is 23.0. The highest BCUT2D eigenvalue weighted by Gasteiger charge is 2.24. The third kappa shape index (κ3) is 4.31. The minimum absolute atomic E-state index is 0.102. The van der Waals surface area contributed by atoms with Crippen molar-refractivity contribution in [2.45, 2.75) is 26.3 Å². The van der Waals surface area contributed by atoms with E-state index < -0.39 is 23.7 Å². The van der Waals surface area contributed by atoms with Crippen LogP contribution in [0.5, 0.6) is 0 Å². The van der Waals surface area contributed by atoms with E-state index in [0.29, 0.717) is 4.47 Å². The standard InChI is InChI=1S/C13H15BrFNO3/c1-7(2)6-10(13(18)19)16-12(17)11-8(14)4-3-5-9(11)15/h3-5,7,10H,6H2,1-2H3,(H,16,17)(H,18,19)/t10-/m0/s1. The number of carbonyl (C=O) groups excluding carboxylic acids is 1. The lowest BCUT2D eigenvalue weighted by Crippen LogP contribution is -2.42. The molecule has 1 amide bonds. The van der Waals surface area contributed by atoms with E-state index in [-0.39, 0.29) is 17.9 Å². The van der Waals surface area contributed by atoms with Gasteiger partial charge in [0.1, 0.15) is 11.9 Å². The Morgan fingerprint density at radius 1 is 1.42 bits per heavy atom. The molecule has 1 aromatic rings. The van der Waals surface area contributed by atoms with Crippen LogP contribution in [-0.4, -0.2) is 23.0 Å². The van der Waals surface area contributed by atoms with Gasteiger partial charge >= 0.3 is 5.97 Å². The van der Waals surface area contributed by atoms with Crippen LogP contribution in [-0.2, 0) is 4.79 Å². The molecule has 1 aromatic carbocycles. The Balaban J connectivity index is 2.91. The van der Waals surface area contributed by atoms with E-state index in [9.17, 15) is 14.0 Å². The number of rotatable bonds is 5. The highest BCUT2D eigenvalue weighted by atomic mass is 79.9. The van der Waals surface area contributed by atoms with E-state index >= 15 is 0 Å². The van der Waals surface area contributed by atoms with Gasteiger partial charge in [0, 0.05) is 4.47 Å². The summed E-state index contributed by atoms with van der Waals surface area (Å²) in [5.74, 6) is -2.46. The van der Waals surface area contributed by atoms with Gasteiger partial charge in [0.2, 0.25) is 0 Å². The van der Waals surface area contributed by atoms with Crippen LogP contribution in [0.2, 0.25) is 0 Å². The first kappa shape index (κ1) is 15.6. The van der Waals surface area contributed by atoms with Crippen LogP contribution < -0.4 is 5.32 Å². The van der Waals surface area contributed by atoms with E-state index in [2.05, 4.69) is 21.2 Å². The largest absolute Gasteiger partial charge is 0.480 e. The summed E-state index contributed by atoms with van der Waals surface area (Å²) in [5, 5.41) is 11.4. The Labute approximate surface area is 119 Å². The minimum atomic E-state index is -1.13. The van der Waals surface area contributed by atoms with Gasteiger partial charge in [0.25, 0.3) is 5.91 Å². The molecule has 1 rings (SSSR count). The number of aliphatic carboxylic acids is 1. The van der Waals surface area contributed by atoms with Gasteiger partial charge in [-0.15, -0.1) is 0 Å². The molecule has 0 aliphatic rings. The van der Waals surface area contributed by atoms with Crippen LogP contribution in [0, 0.1) is 11.7 Å². The van der Waals surface area contributed by atoms with Gasteiger partial charge in [-0.05, 0) is 40.4 Å². The first-order chi connectivity index (χ1) is 8.82. The average Bonchev–Trinajstić information content (AvgIpc) is 2.27. The van der Waals surface area contributed by atoms with E-state index in [4.69, 9.17) is 5.11 Å². The summed E-state index contributed by atoms with van der Waals surface area (Å²) in [6.07, 6.45) is 0.285. The molecular formula is C13H15BrFNO3. The molecule has 0 radical (unpaired) electrons. The van der Waals surface area contributed by atoms with E-state index in [1.54, 1.807) is 0 Å². The number of amides is 1. The summed E-state index contributed by atoms with van der Waals surface area (Å²) >= 11 is 3.08. The van der Waals surface area contributed by atoms with Gasteiger partial charge < -0.3 is 10.4 Å². The van der Waals surface area contributed by atoms with Crippen molar-refractivity contribution in [2.24, 2.45) is 5.92 Å². The van der Waals surface area contributed by atoms with Crippen molar-refractivity contribution in [3.05, 3.63) is 34.1 Å². The molecule has 0 bridgehead atoms. The van der Waals surface area contributed by atoms with Crippen LogP contribution in [0.25, 0.3) is 0 Å². The predicted molar refractivity (Wildman–Crippen MR) is 72.4 cm³/mol. The SMILES string of the molecule is CC(C)C[C@H](NC(=O)c1c(F)cccc1Br)C(=O)O. The zero-order chi connectivity index (χ0) is 14.6. The molecule has 6 heteroatoms. The fourth-order valence-corrected chi connectivity index (χ4v) is 2.16. The molecule has 0 aliphatic carbocycles. The molecule has 2 N–H and O–H groups in total. The van der Waals surface area contributed by atoms with Crippen molar-refractivity contribution in [1.29, 1.82) is 0 Å². The summed E-state index contributed by atoms with van der Waals surface area (Å²) in [6.45, 7) is 3.70. The molecule has 1 atom stereocenters. The second kappa shape index (κ2) is 6.65. The number of nitrogens with one attached hydrogen (secondary N) is 1. The maximum Gasteiger partial charge on any atom is 0.326 e. The molecule has 0 unspecified atom stereocenters. The topological polar surface area (TPSA) is 66.4 Å². The van der Waals surface area contributed by atoms with Crippen LogP contribution in [0.4, 0.5) is 4.39 Å². The van der Waals surface area contributed by atoms with Crippen LogP contribution in [0.1, 0.15) is 30.6 Å². The van der Waals surface area contributed by atoms with Crippen molar-refractivity contribution >= 4 is 27.8 Å². The predicted octanol–water partition coefficient (Wildman–Crippen LogP) is 2.82. The Hall–Kier alpha value is -1.43. The van der Waals surface area contributed by atoms with Crippen molar-refractivity contribution in [3.63, 3.8) is 0 Å². The minimum Gasteiger partial charge on any atom is -0.480 e. The number of hydrogen-bond donors (Lipinski definition) is 2. The van der Waals surface area contributed by atoms with E-state index in [0.717, 1.165) is 6.07 Å². The number of hydrogen-bond acceptors (Lipinski definition) is 2. The van der Waals surface area contributed by atoms with Gasteiger partial charge in [0.15, 0.2) is 0 Å². The molecule has 104 valence electrons. The van der Waals surface area contributed by atoms with E-state index in [1.165, 1.54) is 12.1 Å². The van der Waals surface area contributed by atoms with Crippen molar-refractivity contribution < 1.29 is 19.1 Å². The third-order valence-corrected chi connectivity index (χ3v) is 3.16. The van der Waals surface area contributed by atoms with Crippen LogP contribution >= 0.6 is 15.9 Å². The van der Waals surface area contributed by atoms with Gasteiger partial charge in [-0.1, -0.05) is 19.9 Å². The molecule has 0 saturated heterocycles. The fourth-order valence-electron chi connectivity index (χ4n) is 1.64. The first-order valence-corrected chi connectivity index (χ1v) is 6.60. The number of carbonyl (C=O) groups is 2. The molecule has 0 fully saturated rings. The first-order valence-electron chi connectivity index (χ1n) is 5.80. The van der Waals surface area contributed by atoms with Gasteiger partial charge in [-0.3, -0.25) is 4.79 Å². The highest BCUT2D eigenvalue weighted by molar-refractivity contribution is 9.10. The monoisotopic (exact) mass is 331 g/mol. The maximum atomic E-state index is 13.6. The Bertz CT molecular complexity index is 471. The third-order valence-electron chi connectivity index (χ3n) is 2.50. The van der Waals surface area contributed by atoms with Crippen LogP contribution in [0.3, 0.4) is 0 Å². The number of carboxylic acids is 1. The molecule has 0 aromatic heterocycles. The number of carboxylic acid groups (broad SMARTS) is 1. The Morgan fingerprint density at radius 2 is 2.05 bits per heavy atom. The van der Waals surface area contributed by atoms with Crippen LogP contribution in [0.15, 0.2) is 22.7 Å². The van der Waals surface area contributed by atoms with E-state index in [1.807, 2.05) is 13.8 Å². The second-order valence-electron chi connectivity index (χ2n) is 4.59. The highest BCUT2D eigenvalue weighted by Crippen LogP contribution is 2.20. The molecule has 0 saturated carbocycles. The molecular weight excluding hydrogens is 317 g/mol. The summed E-state index contributed by atoms with van der Waals surface area (Å²) in [6, 6.07) is 3.10. The smallest absolute Gasteiger partial charge is 0.326 e. The van der Waals surface area contributed by atoms with Gasteiger partial charge in [0.05, 0.1) is 5.56 Å². The quantitative estimate of drug-likeness (QED) is 0.871. The normalized spacial score (nSPS) is 12.3. The maximum absolute atomic E-state index is 13.6.